The number of amidine groups is 1. The van der Waals surface area contributed by atoms with E-state index in [0.717, 1.165) is 5.56 Å². The Bertz CT molecular complexity index is 928. The van der Waals surface area contributed by atoms with E-state index in [-0.39, 0.29) is 37.1 Å². The van der Waals surface area contributed by atoms with Gasteiger partial charge >= 0.3 is 12.0 Å². The van der Waals surface area contributed by atoms with Gasteiger partial charge in [-0.2, -0.15) is 0 Å². The maximum atomic E-state index is 12.3. The quantitative estimate of drug-likeness (QED) is 0.226. The average Bonchev–Trinajstić information content (AvgIpc) is 2.73. The summed E-state index contributed by atoms with van der Waals surface area (Å²) in [6.45, 7) is 2.27. The van der Waals surface area contributed by atoms with Crippen LogP contribution in [-0.4, -0.2) is 36.9 Å². The molecule has 164 valence electrons. The Morgan fingerprint density at radius 3 is 2.39 bits per heavy atom. The van der Waals surface area contributed by atoms with Crippen molar-refractivity contribution in [2.45, 2.75) is 26.2 Å². The first-order chi connectivity index (χ1) is 14.9. The minimum atomic E-state index is -0.429. The molecule has 6 N–H and O–H groups in total. The van der Waals surface area contributed by atoms with Crippen molar-refractivity contribution in [2.24, 2.45) is 5.73 Å². The number of rotatable bonds is 10. The summed E-state index contributed by atoms with van der Waals surface area (Å²) in [6, 6.07) is 13.4. The second-order valence-electron chi connectivity index (χ2n) is 6.63. The van der Waals surface area contributed by atoms with E-state index < -0.39 is 6.03 Å². The molecule has 0 saturated heterocycles. The minimum absolute atomic E-state index is 0.0464. The minimum Gasteiger partial charge on any atom is -0.466 e. The Hall–Kier alpha value is -3.88. The van der Waals surface area contributed by atoms with E-state index in [0.29, 0.717) is 30.0 Å². The number of hydrogen-bond donors (Lipinski definition) is 5. The van der Waals surface area contributed by atoms with Gasteiger partial charge in [0.25, 0.3) is 0 Å². The van der Waals surface area contributed by atoms with Crippen LogP contribution in [0.15, 0.2) is 48.5 Å². The molecule has 0 unspecified atom stereocenters. The molecule has 2 aromatic carbocycles. The fourth-order valence-corrected chi connectivity index (χ4v) is 2.75. The van der Waals surface area contributed by atoms with Gasteiger partial charge in [-0.25, -0.2) is 4.79 Å². The molecular weight excluding hydrogens is 398 g/mol. The lowest BCUT2D eigenvalue weighted by atomic mass is 10.1. The summed E-state index contributed by atoms with van der Waals surface area (Å²) in [6.07, 6.45) is 0.774. The number of carbonyl (C=O) groups excluding carboxylic acids is 3. The van der Waals surface area contributed by atoms with E-state index in [1.165, 1.54) is 0 Å². The number of amides is 3. The van der Waals surface area contributed by atoms with Crippen molar-refractivity contribution in [1.29, 1.82) is 5.41 Å². The summed E-state index contributed by atoms with van der Waals surface area (Å²) in [7, 11) is 0. The predicted octanol–water partition coefficient (Wildman–Crippen LogP) is 2.62. The van der Waals surface area contributed by atoms with Crippen molar-refractivity contribution in [1.82, 2.24) is 5.32 Å². The summed E-state index contributed by atoms with van der Waals surface area (Å²) in [5.41, 5.74) is 7.95. The number of para-hydroxylation sites is 1. The Labute approximate surface area is 180 Å². The van der Waals surface area contributed by atoms with Crippen LogP contribution in [0.1, 0.15) is 30.9 Å². The normalized spacial score (nSPS) is 10.1. The Kier molecular flexibility index (Phi) is 9.03. The third-order valence-electron chi connectivity index (χ3n) is 4.30. The highest BCUT2D eigenvalue weighted by molar-refractivity contribution is 6.01. The molecule has 0 heterocycles. The largest absolute Gasteiger partial charge is 0.466 e. The highest BCUT2D eigenvalue weighted by Crippen LogP contribution is 2.18. The number of urea groups is 1. The van der Waals surface area contributed by atoms with Gasteiger partial charge in [-0.05, 0) is 49.2 Å². The van der Waals surface area contributed by atoms with Crippen molar-refractivity contribution in [3.8, 4) is 0 Å². The maximum Gasteiger partial charge on any atom is 0.323 e. The maximum absolute atomic E-state index is 12.3. The van der Waals surface area contributed by atoms with Crippen molar-refractivity contribution >= 4 is 35.1 Å². The number of anilines is 2. The van der Waals surface area contributed by atoms with Crippen molar-refractivity contribution < 1.29 is 19.1 Å². The van der Waals surface area contributed by atoms with Gasteiger partial charge in [-0.1, -0.05) is 18.2 Å². The molecule has 2 aromatic rings. The van der Waals surface area contributed by atoms with E-state index in [9.17, 15) is 14.4 Å². The lowest BCUT2D eigenvalue weighted by Gasteiger charge is -2.12. The number of esters is 1. The summed E-state index contributed by atoms with van der Waals surface area (Å²) in [4.78, 5) is 35.7. The number of benzene rings is 2. The van der Waals surface area contributed by atoms with Gasteiger partial charge in [0.15, 0.2) is 0 Å². The molecular formula is C22H27N5O4. The highest BCUT2D eigenvalue weighted by atomic mass is 16.5. The third-order valence-corrected chi connectivity index (χ3v) is 4.30. The molecule has 0 aliphatic heterocycles. The van der Waals surface area contributed by atoms with Gasteiger partial charge in [0.2, 0.25) is 5.91 Å². The van der Waals surface area contributed by atoms with Crippen LogP contribution in [0.5, 0.6) is 0 Å². The summed E-state index contributed by atoms with van der Waals surface area (Å²) in [5, 5.41) is 15.6. The number of ether oxygens (including phenoxy) is 1. The summed E-state index contributed by atoms with van der Waals surface area (Å²) < 4.78 is 4.81. The SMILES string of the molecule is CCOC(=O)CCNC(=O)CCc1ccccc1NC(=O)Nc1ccc(C(=N)N)cc1. The molecule has 0 saturated carbocycles. The number of nitrogen functional groups attached to an aromatic ring is 1. The van der Waals surface area contributed by atoms with E-state index in [2.05, 4.69) is 16.0 Å². The van der Waals surface area contributed by atoms with Crippen LogP contribution in [0.2, 0.25) is 0 Å². The van der Waals surface area contributed by atoms with Gasteiger partial charge in [-0.3, -0.25) is 15.0 Å². The van der Waals surface area contributed by atoms with Crippen molar-refractivity contribution in [3.63, 3.8) is 0 Å². The molecule has 0 bridgehead atoms. The van der Waals surface area contributed by atoms with E-state index >= 15 is 0 Å². The van der Waals surface area contributed by atoms with Crippen LogP contribution in [-0.2, 0) is 20.7 Å². The second kappa shape index (κ2) is 12.0. The van der Waals surface area contributed by atoms with Crippen LogP contribution in [0.25, 0.3) is 0 Å². The third kappa shape index (κ3) is 8.17. The fourth-order valence-electron chi connectivity index (χ4n) is 2.75. The van der Waals surface area contributed by atoms with Crippen LogP contribution in [0, 0.1) is 5.41 Å². The predicted molar refractivity (Wildman–Crippen MR) is 119 cm³/mol. The molecule has 9 nitrogen and oxygen atoms in total. The van der Waals surface area contributed by atoms with Gasteiger partial charge in [0.05, 0.1) is 13.0 Å². The van der Waals surface area contributed by atoms with E-state index in [1.54, 1.807) is 43.3 Å². The second-order valence-corrected chi connectivity index (χ2v) is 6.63. The van der Waals surface area contributed by atoms with Crippen LogP contribution < -0.4 is 21.7 Å². The monoisotopic (exact) mass is 425 g/mol. The zero-order valence-corrected chi connectivity index (χ0v) is 17.4. The van der Waals surface area contributed by atoms with Gasteiger partial charge in [0.1, 0.15) is 5.84 Å². The first-order valence-electron chi connectivity index (χ1n) is 9.91. The first-order valence-corrected chi connectivity index (χ1v) is 9.91. The zero-order chi connectivity index (χ0) is 22.6. The molecule has 0 radical (unpaired) electrons. The standard InChI is InChI=1S/C22H27N5O4/c1-2-31-20(29)13-14-25-19(28)12-9-15-5-3-4-6-18(15)27-22(30)26-17-10-7-16(8-11-17)21(23)24/h3-8,10-11H,2,9,12-14H2,1H3,(H3,23,24)(H,25,28)(H2,26,27,30). The molecule has 0 spiro atoms. The van der Waals surface area contributed by atoms with Crippen LogP contribution >= 0.6 is 0 Å². The molecule has 2 rings (SSSR count). The molecule has 0 aliphatic carbocycles. The van der Waals surface area contributed by atoms with Gasteiger partial charge < -0.3 is 26.4 Å². The zero-order valence-electron chi connectivity index (χ0n) is 17.4. The number of carbonyl (C=O) groups is 3. The molecule has 0 aromatic heterocycles. The highest BCUT2D eigenvalue weighted by Gasteiger charge is 2.10. The topological polar surface area (TPSA) is 146 Å². The van der Waals surface area contributed by atoms with Gasteiger partial charge in [-0.15, -0.1) is 0 Å². The first kappa shape index (κ1) is 23.4. The fraction of sp³-hybridized carbons (Fsp3) is 0.273. The van der Waals surface area contributed by atoms with E-state index in [4.69, 9.17) is 15.9 Å². The van der Waals surface area contributed by atoms with Gasteiger partial charge in [0, 0.05) is 29.9 Å². The number of nitrogens with two attached hydrogens (primary N) is 1. The van der Waals surface area contributed by atoms with Crippen molar-refractivity contribution in [3.05, 3.63) is 59.7 Å². The number of aryl methyl sites for hydroxylation is 1. The average molecular weight is 425 g/mol. The van der Waals surface area contributed by atoms with Crippen LogP contribution in [0.3, 0.4) is 0 Å². The Balaban J connectivity index is 1.85. The number of nitrogens with one attached hydrogen (secondary N) is 4. The molecule has 0 atom stereocenters. The van der Waals surface area contributed by atoms with Crippen LogP contribution in [0.4, 0.5) is 16.2 Å². The summed E-state index contributed by atoms with van der Waals surface area (Å²) in [5.74, 6) is -0.580. The molecule has 31 heavy (non-hydrogen) atoms. The Morgan fingerprint density at radius 2 is 1.71 bits per heavy atom. The molecule has 0 fully saturated rings. The summed E-state index contributed by atoms with van der Waals surface area (Å²) >= 11 is 0. The van der Waals surface area contributed by atoms with E-state index in [1.807, 2.05) is 12.1 Å². The number of hydrogen-bond acceptors (Lipinski definition) is 5. The molecule has 9 heteroatoms. The Morgan fingerprint density at radius 1 is 1.00 bits per heavy atom. The van der Waals surface area contributed by atoms with Crippen molar-refractivity contribution in [2.75, 3.05) is 23.8 Å². The lowest BCUT2D eigenvalue weighted by Crippen LogP contribution is -2.27. The molecule has 3 amide bonds. The molecule has 0 aliphatic rings. The smallest absolute Gasteiger partial charge is 0.323 e. The lowest BCUT2D eigenvalue weighted by molar-refractivity contribution is -0.143.